The molecule has 0 bridgehead atoms. The van der Waals surface area contributed by atoms with Crippen LogP contribution < -0.4 is 9.62 Å². The van der Waals surface area contributed by atoms with Crippen LogP contribution in [0.15, 0.2) is 102 Å². The van der Waals surface area contributed by atoms with Gasteiger partial charge in [0.25, 0.3) is 10.0 Å². The van der Waals surface area contributed by atoms with E-state index in [-0.39, 0.29) is 4.90 Å². The Morgan fingerprint density at radius 3 is 1.97 bits per heavy atom. The topological polar surface area (TPSA) is 66.5 Å². The second kappa shape index (κ2) is 11.2. The third kappa shape index (κ3) is 6.21. The second-order valence-corrected chi connectivity index (χ2v) is 11.3. The molecule has 0 aliphatic carbocycles. The van der Waals surface area contributed by atoms with Crippen molar-refractivity contribution >= 4 is 33.2 Å². The van der Waals surface area contributed by atoms with Gasteiger partial charge in [-0.25, -0.2) is 8.42 Å². The number of anilines is 1. The van der Waals surface area contributed by atoms with Crippen molar-refractivity contribution in [2.24, 2.45) is 0 Å². The summed E-state index contributed by atoms with van der Waals surface area (Å²) in [5, 5.41) is 3.47. The van der Waals surface area contributed by atoms with Gasteiger partial charge in [0.05, 0.1) is 16.6 Å². The lowest BCUT2D eigenvalue weighted by atomic mass is 9.98. The van der Waals surface area contributed by atoms with Crippen molar-refractivity contribution < 1.29 is 13.2 Å². The molecule has 1 N–H and O–H groups in total. The fourth-order valence-electron chi connectivity index (χ4n) is 3.99. The molecule has 1 atom stereocenters. The Kier molecular flexibility index (Phi) is 8.00. The van der Waals surface area contributed by atoms with Crippen LogP contribution in [-0.4, -0.2) is 20.9 Å². The van der Waals surface area contributed by atoms with Crippen molar-refractivity contribution in [3.8, 4) is 0 Å². The van der Waals surface area contributed by atoms with Crippen molar-refractivity contribution in [2.75, 3.05) is 10.8 Å². The monoisotopic (exact) mass is 532 g/mol. The van der Waals surface area contributed by atoms with E-state index in [1.165, 1.54) is 0 Å². The Hall–Kier alpha value is -3.61. The van der Waals surface area contributed by atoms with Gasteiger partial charge in [-0.2, -0.15) is 0 Å². The Balaban J connectivity index is 1.70. The highest BCUT2D eigenvalue weighted by Gasteiger charge is 2.29. The zero-order valence-corrected chi connectivity index (χ0v) is 22.6. The first-order chi connectivity index (χ1) is 17.6. The summed E-state index contributed by atoms with van der Waals surface area (Å²) in [6.45, 7) is 5.31. The van der Waals surface area contributed by atoms with Gasteiger partial charge in [-0.05, 0) is 61.7 Å². The normalized spacial score (nSPS) is 12.1. The van der Waals surface area contributed by atoms with E-state index in [1.54, 1.807) is 42.5 Å². The number of aryl methyl sites for hydroxylation is 3. The van der Waals surface area contributed by atoms with Crippen molar-refractivity contribution in [2.45, 2.75) is 31.7 Å². The lowest BCUT2D eigenvalue weighted by Crippen LogP contribution is -2.42. The molecule has 0 fully saturated rings. The number of carbonyl (C=O) groups excluding carboxylic acids is 1. The molecule has 0 saturated heterocycles. The number of carbonyl (C=O) groups is 1. The summed E-state index contributed by atoms with van der Waals surface area (Å²) in [7, 11) is -4.05. The summed E-state index contributed by atoms with van der Waals surface area (Å²) in [4.78, 5) is 13.6. The molecule has 0 radical (unpaired) electrons. The Labute approximate surface area is 223 Å². The first-order valence-electron chi connectivity index (χ1n) is 11.9. The van der Waals surface area contributed by atoms with Gasteiger partial charge in [-0.1, -0.05) is 95.5 Å². The zero-order valence-electron chi connectivity index (χ0n) is 21.0. The Morgan fingerprint density at radius 1 is 0.811 bits per heavy atom. The SMILES string of the molecule is Cc1ccc([C@@H](NC(=O)CN(c2ccc(C)c(Cl)c2)S(=O)(=O)c2ccc(C)cc2)c2ccccc2)cc1. The number of nitrogens with one attached hydrogen (secondary N) is 1. The predicted octanol–water partition coefficient (Wildman–Crippen LogP) is 6.37. The zero-order chi connectivity index (χ0) is 26.6. The van der Waals surface area contributed by atoms with E-state index in [2.05, 4.69) is 5.32 Å². The van der Waals surface area contributed by atoms with Crippen molar-refractivity contribution in [1.82, 2.24) is 5.32 Å². The summed E-state index contributed by atoms with van der Waals surface area (Å²) in [6.07, 6.45) is 0. The van der Waals surface area contributed by atoms with Crippen LogP contribution in [0.4, 0.5) is 5.69 Å². The van der Waals surface area contributed by atoms with Crippen LogP contribution in [0.25, 0.3) is 0 Å². The predicted molar refractivity (Wildman–Crippen MR) is 150 cm³/mol. The van der Waals surface area contributed by atoms with Gasteiger partial charge in [0.15, 0.2) is 0 Å². The molecule has 0 aliphatic rings. The fraction of sp³-hybridized carbons (Fsp3) is 0.167. The van der Waals surface area contributed by atoms with E-state index >= 15 is 0 Å². The van der Waals surface area contributed by atoms with E-state index in [0.717, 1.165) is 32.1 Å². The molecule has 5 nitrogen and oxygen atoms in total. The maximum absolute atomic E-state index is 13.7. The lowest BCUT2D eigenvalue weighted by Gasteiger charge is -2.26. The van der Waals surface area contributed by atoms with Crippen LogP contribution in [0.5, 0.6) is 0 Å². The fourth-order valence-corrected chi connectivity index (χ4v) is 5.58. The van der Waals surface area contributed by atoms with Gasteiger partial charge in [0.2, 0.25) is 5.91 Å². The molecule has 0 spiro atoms. The number of sulfonamides is 1. The Morgan fingerprint density at radius 2 is 1.38 bits per heavy atom. The lowest BCUT2D eigenvalue weighted by molar-refractivity contribution is -0.120. The molecule has 7 heteroatoms. The molecule has 1 amide bonds. The maximum atomic E-state index is 13.7. The highest BCUT2D eigenvalue weighted by atomic mass is 35.5. The van der Waals surface area contributed by atoms with Gasteiger partial charge in [-0.3, -0.25) is 9.10 Å². The van der Waals surface area contributed by atoms with Gasteiger partial charge in [0, 0.05) is 5.02 Å². The largest absolute Gasteiger partial charge is 0.344 e. The van der Waals surface area contributed by atoms with E-state index < -0.39 is 28.5 Å². The molecule has 0 aliphatic heterocycles. The molecule has 0 saturated carbocycles. The van der Waals surface area contributed by atoms with E-state index in [4.69, 9.17) is 11.6 Å². The van der Waals surface area contributed by atoms with Crippen molar-refractivity contribution in [1.29, 1.82) is 0 Å². The third-order valence-electron chi connectivity index (χ3n) is 6.19. The summed E-state index contributed by atoms with van der Waals surface area (Å²) in [5.74, 6) is -0.443. The number of rotatable bonds is 8. The molecule has 37 heavy (non-hydrogen) atoms. The average molecular weight is 533 g/mol. The molecule has 0 unspecified atom stereocenters. The summed E-state index contributed by atoms with van der Waals surface area (Å²) < 4.78 is 28.6. The highest BCUT2D eigenvalue weighted by Crippen LogP contribution is 2.29. The number of halogens is 1. The minimum absolute atomic E-state index is 0.0979. The van der Waals surface area contributed by atoms with Crippen molar-refractivity contribution in [3.05, 3.63) is 130 Å². The molecule has 0 aromatic heterocycles. The van der Waals surface area contributed by atoms with Crippen LogP contribution in [-0.2, 0) is 14.8 Å². The quantitative estimate of drug-likeness (QED) is 0.287. The van der Waals surface area contributed by atoms with Gasteiger partial charge in [-0.15, -0.1) is 0 Å². The van der Waals surface area contributed by atoms with Crippen LogP contribution in [0.1, 0.15) is 33.9 Å². The smallest absolute Gasteiger partial charge is 0.264 e. The maximum Gasteiger partial charge on any atom is 0.264 e. The first kappa shape index (κ1) is 26.5. The molecule has 190 valence electrons. The number of hydrogen-bond acceptors (Lipinski definition) is 3. The average Bonchev–Trinajstić information content (AvgIpc) is 2.89. The van der Waals surface area contributed by atoms with Crippen LogP contribution >= 0.6 is 11.6 Å². The molecule has 4 aromatic rings. The summed E-state index contributed by atoms with van der Waals surface area (Å²) in [6, 6.07) is 28.6. The molecule has 4 aromatic carbocycles. The number of amides is 1. The highest BCUT2D eigenvalue weighted by molar-refractivity contribution is 7.92. The van der Waals surface area contributed by atoms with Gasteiger partial charge >= 0.3 is 0 Å². The minimum Gasteiger partial charge on any atom is -0.344 e. The molecular formula is C30H29ClN2O3S. The van der Waals surface area contributed by atoms with Gasteiger partial charge < -0.3 is 5.32 Å². The minimum atomic E-state index is -4.05. The second-order valence-electron chi connectivity index (χ2n) is 9.08. The number of nitrogens with zero attached hydrogens (tertiary/aromatic N) is 1. The number of benzene rings is 4. The van der Waals surface area contributed by atoms with E-state index in [9.17, 15) is 13.2 Å². The first-order valence-corrected chi connectivity index (χ1v) is 13.7. The van der Waals surface area contributed by atoms with Crippen LogP contribution in [0.2, 0.25) is 5.02 Å². The Bertz CT molecular complexity index is 1490. The van der Waals surface area contributed by atoms with Crippen LogP contribution in [0.3, 0.4) is 0 Å². The molecule has 4 rings (SSSR count). The van der Waals surface area contributed by atoms with E-state index in [0.29, 0.717) is 10.7 Å². The molecular weight excluding hydrogens is 504 g/mol. The molecule has 0 heterocycles. The third-order valence-corrected chi connectivity index (χ3v) is 8.38. The van der Waals surface area contributed by atoms with Crippen LogP contribution in [0, 0.1) is 20.8 Å². The number of hydrogen-bond donors (Lipinski definition) is 1. The van der Waals surface area contributed by atoms with Gasteiger partial charge in [0.1, 0.15) is 6.54 Å². The summed E-state index contributed by atoms with van der Waals surface area (Å²) >= 11 is 6.35. The standard InChI is InChI=1S/C30H29ClN2O3S/c1-21-9-14-25(15-10-21)30(24-7-5-4-6-8-24)32-29(34)20-33(26-16-13-23(3)28(31)19-26)37(35,36)27-17-11-22(2)12-18-27/h4-19,30H,20H2,1-3H3,(H,32,34)/t30-/m0/s1. The van der Waals surface area contributed by atoms with E-state index in [1.807, 2.05) is 75.4 Å². The summed E-state index contributed by atoms with van der Waals surface area (Å²) in [5.41, 5.74) is 4.96. The van der Waals surface area contributed by atoms with Crippen molar-refractivity contribution in [3.63, 3.8) is 0 Å².